The predicted molar refractivity (Wildman–Crippen MR) is 104 cm³/mol. The first-order valence-corrected chi connectivity index (χ1v) is 8.67. The van der Waals surface area contributed by atoms with E-state index in [-0.39, 0.29) is 6.03 Å². The van der Waals surface area contributed by atoms with E-state index in [1.54, 1.807) is 12.3 Å². The fourth-order valence-corrected chi connectivity index (χ4v) is 2.95. The van der Waals surface area contributed by atoms with Crippen molar-refractivity contribution in [3.8, 4) is 11.3 Å². The summed E-state index contributed by atoms with van der Waals surface area (Å²) >= 11 is 0. The third-order valence-corrected chi connectivity index (χ3v) is 4.37. The number of urea groups is 1. The summed E-state index contributed by atoms with van der Waals surface area (Å²) in [5.41, 5.74) is 4.97. The number of nitrogens with zero attached hydrogens (tertiary/aromatic N) is 3. The molecule has 0 atom stereocenters. The summed E-state index contributed by atoms with van der Waals surface area (Å²) in [5.74, 6) is 0. The van der Waals surface area contributed by atoms with Crippen LogP contribution in [0.4, 0.5) is 4.79 Å². The number of fused-ring (bicyclic) bond motifs is 1. The first-order valence-electron chi connectivity index (χ1n) is 8.67. The second-order valence-electron chi connectivity index (χ2n) is 6.02. The number of nitrogens with one attached hydrogen (secondary N) is 2. The molecule has 6 nitrogen and oxygen atoms in total. The quantitative estimate of drug-likeness (QED) is 0.813. The van der Waals surface area contributed by atoms with Crippen molar-refractivity contribution in [3.63, 3.8) is 0 Å². The molecule has 0 unspecified atom stereocenters. The van der Waals surface area contributed by atoms with Crippen molar-refractivity contribution in [2.24, 2.45) is 4.99 Å². The summed E-state index contributed by atoms with van der Waals surface area (Å²) in [7, 11) is 0. The van der Waals surface area contributed by atoms with Crippen LogP contribution in [0.3, 0.4) is 0 Å². The van der Waals surface area contributed by atoms with Gasteiger partial charge in [0.25, 0.3) is 0 Å². The van der Waals surface area contributed by atoms with Crippen LogP contribution in [0.2, 0.25) is 0 Å². The Bertz CT molecular complexity index is 835. The predicted octanol–water partition coefficient (Wildman–Crippen LogP) is 3.31. The van der Waals surface area contributed by atoms with Crippen molar-refractivity contribution in [3.05, 3.63) is 66.0 Å². The van der Waals surface area contributed by atoms with Crippen LogP contribution in [0.1, 0.15) is 18.2 Å². The highest BCUT2D eigenvalue weighted by molar-refractivity contribution is 5.76. The van der Waals surface area contributed by atoms with Crippen LogP contribution in [-0.2, 0) is 13.0 Å². The molecule has 1 aromatic heterocycles. The minimum atomic E-state index is -0.0935. The van der Waals surface area contributed by atoms with Crippen molar-refractivity contribution in [2.75, 3.05) is 13.1 Å². The molecule has 1 aromatic carbocycles. The van der Waals surface area contributed by atoms with E-state index in [0.717, 1.165) is 34.6 Å². The zero-order valence-electron chi connectivity index (χ0n) is 14.9. The van der Waals surface area contributed by atoms with Gasteiger partial charge in [0, 0.05) is 36.0 Å². The Labute approximate surface area is 153 Å². The largest absolute Gasteiger partial charge is 0.332 e. The first-order chi connectivity index (χ1) is 12.7. The summed E-state index contributed by atoms with van der Waals surface area (Å²) in [6.07, 6.45) is 5.87. The Morgan fingerprint density at radius 3 is 2.96 bits per heavy atom. The highest BCUT2D eigenvalue weighted by atomic mass is 16.2. The van der Waals surface area contributed by atoms with E-state index in [2.05, 4.69) is 27.1 Å². The van der Waals surface area contributed by atoms with Gasteiger partial charge in [-0.05, 0) is 6.92 Å². The molecule has 3 rings (SSSR count). The molecular weight excluding hydrogens is 326 g/mol. The van der Waals surface area contributed by atoms with Crippen molar-refractivity contribution in [1.82, 2.24) is 20.4 Å². The molecule has 2 N–H and O–H groups in total. The fourth-order valence-electron chi connectivity index (χ4n) is 2.95. The summed E-state index contributed by atoms with van der Waals surface area (Å²) in [6, 6.07) is 9.94. The zero-order chi connectivity index (χ0) is 18.4. The van der Waals surface area contributed by atoms with Gasteiger partial charge in [0.2, 0.25) is 0 Å². The van der Waals surface area contributed by atoms with Gasteiger partial charge in [-0.25, -0.2) is 4.79 Å². The molecule has 0 fully saturated rings. The number of hydrogen-bond donors (Lipinski definition) is 2. The number of amides is 2. The third kappa shape index (κ3) is 3.91. The van der Waals surface area contributed by atoms with Gasteiger partial charge in [-0.2, -0.15) is 5.10 Å². The third-order valence-electron chi connectivity index (χ3n) is 4.37. The molecule has 1 aliphatic heterocycles. The Balaban J connectivity index is 1.68. The molecule has 6 heteroatoms. The van der Waals surface area contributed by atoms with Gasteiger partial charge in [0.05, 0.1) is 24.5 Å². The maximum absolute atomic E-state index is 12.6. The van der Waals surface area contributed by atoms with Crippen LogP contribution in [-0.4, -0.2) is 40.4 Å². The van der Waals surface area contributed by atoms with Crippen LogP contribution in [0, 0.1) is 0 Å². The van der Waals surface area contributed by atoms with Gasteiger partial charge >= 0.3 is 6.03 Å². The number of H-pyrrole nitrogens is 1. The number of rotatable bonds is 5. The molecule has 0 bridgehead atoms. The van der Waals surface area contributed by atoms with E-state index in [1.807, 2.05) is 48.2 Å². The van der Waals surface area contributed by atoms with E-state index < -0.39 is 0 Å². The SMILES string of the molecule is C=C/C=N\C(=C/C)CNC(=O)N1CCc2[nH]nc(-c3ccccc3)c2C1. The monoisotopic (exact) mass is 349 g/mol. The fraction of sp³-hybridized carbons (Fsp3) is 0.250. The van der Waals surface area contributed by atoms with Gasteiger partial charge in [-0.3, -0.25) is 10.1 Å². The van der Waals surface area contributed by atoms with Gasteiger partial charge in [0.15, 0.2) is 0 Å². The molecule has 2 amide bonds. The Morgan fingerprint density at radius 1 is 1.42 bits per heavy atom. The van der Waals surface area contributed by atoms with E-state index in [9.17, 15) is 4.79 Å². The average Bonchev–Trinajstić information content (AvgIpc) is 3.12. The zero-order valence-corrected chi connectivity index (χ0v) is 14.9. The second-order valence-corrected chi connectivity index (χ2v) is 6.02. The Morgan fingerprint density at radius 2 is 2.23 bits per heavy atom. The average molecular weight is 349 g/mol. The van der Waals surface area contributed by atoms with Crippen LogP contribution in [0.25, 0.3) is 11.3 Å². The normalized spacial score (nSPS) is 14.3. The maximum Gasteiger partial charge on any atom is 0.318 e. The number of benzene rings is 1. The van der Waals surface area contributed by atoms with Crippen LogP contribution < -0.4 is 5.32 Å². The minimum Gasteiger partial charge on any atom is -0.332 e. The van der Waals surface area contributed by atoms with Crippen molar-refractivity contribution in [1.29, 1.82) is 0 Å². The number of aromatic amines is 1. The minimum absolute atomic E-state index is 0.0935. The van der Waals surface area contributed by atoms with E-state index in [1.165, 1.54) is 0 Å². The molecule has 26 heavy (non-hydrogen) atoms. The molecule has 2 aromatic rings. The lowest BCUT2D eigenvalue weighted by atomic mass is 10.0. The lowest BCUT2D eigenvalue weighted by molar-refractivity contribution is 0.193. The topological polar surface area (TPSA) is 73.4 Å². The molecule has 0 spiro atoms. The first kappa shape index (κ1) is 17.7. The molecule has 2 heterocycles. The lowest BCUT2D eigenvalue weighted by Crippen LogP contribution is -2.43. The summed E-state index contributed by atoms with van der Waals surface area (Å²) in [6.45, 7) is 7.10. The smallest absolute Gasteiger partial charge is 0.318 e. The van der Waals surface area contributed by atoms with Crippen molar-refractivity contribution in [2.45, 2.75) is 19.9 Å². The number of aliphatic imine (C=N–C) groups is 1. The summed E-state index contributed by atoms with van der Waals surface area (Å²) in [5, 5.41) is 10.5. The molecule has 0 aliphatic carbocycles. The Kier molecular flexibility index (Phi) is 5.63. The van der Waals surface area contributed by atoms with Crippen molar-refractivity contribution >= 4 is 12.2 Å². The van der Waals surface area contributed by atoms with E-state index in [4.69, 9.17) is 0 Å². The number of carbonyl (C=O) groups is 1. The molecule has 0 saturated carbocycles. The van der Waals surface area contributed by atoms with Gasteiger partial charge < -0.3 is 10.2 Å². The number of allylic oxidation sites excluding steroid dienone is 2. The number of aromatic nitrogens is 2. The lowest BCUT2D eigenvalue weighted by Gasteiger charge is -2.27. The van der Waals surface area contributed by atoms with E-state index >= 15 is 0 Å². The van der Waals surface area contributed by atoms with Gasteiger partial charge in [0.1, 0.15) is 0 Å². The van der Waals surface area contributed by atoms with Gasteiger partial charge in [-0.15, -0.1) is 0 Å². The number of hydrogen-bond acceptors (Lipinski definition) is 3. The molecule has 1 aliphatic rings. The second kappa shape index (κ2) is 8.29. The molecular formula is C20H23N5O. The molecule has 0 radical (unpaired) electrons. The highest BCUT2D eigenvalue weighted by Crippen LogP contribution is 2.28. The highest BCUT2D eigenvalue weighted by Gasteiger charge is 2.25. The molecule has 134 valence electrons. The Hall–Kier alpha value is -3.15. The van der Waals surface area contributed by atoms with Gasteiger partial charge in [-0.1, -0.05) is 49.1 Å². The summed E-state index contributed by atoms with van der Waals surface area (Å²) in [4.78, 5) is 18.6. The van der Waals surface area contributed by atoms with Crippen LogP contribution >= 0.6 is 0 Å². The van der Waals surface area contributed by atoms with E-state index in [0.29, 0.717) is 19.6 Å². The van der Waals surface area contributed by atoms with Crippen molar-refractivity contribution < 1.29 is 4.79 Å². The van der Waals surface area contributed by atoms with Crippen LogP contribution in [0.5, 0.6) is 0 Å². The molecule has 0 saturated heterocycles. The van der Waals surface area contributed by atoms with Crippen LogP contribution in [0.15, 0.2) is 59.8 Å². The maximum atomic E-state index is 12.6. The number of carbonyl (C=O) groups excluding carboxylic acids is 1. The summed E-state index contributed by atoms with van der Waals surface area (Å²) < 4.78 is 0. The standard InChI is InChI=1S/C20H23N5O/c1-3-11-21-16(4-2)13-22-20(26)25-12-10-18-17(14-25)19(24-23-18)15-8-6-5-7-9-15/h3-9,11H,1,10,12-14H2,2H3,(H,22,26)(H,23,24)/b16-4-,21-11-.